The lowest BCUT2D eigenvalue weighted by Crippen LogP contribution is -2.15. The van der Waals surface area contributed by atoms with Crippen LogP contribution in [0.2, 0.25) is 0 Å². The highest BCUT2D eigenvalue weighted by Crippen LogP contribution is 2.18. The number of hydrogen-bond acceptors (Lipinski definition) is 4. The Bertz CT molecular complexity index is 566. The summed E-state index contributed by atoms with van der Waals surface area (Å²) in [5, 5.41) is 7.43. The van der Waals surface area contributed by atoms with E-state index in [1.54, 1.807) is 0 Å². The molecule has 0 fully saturated rings. The number of carbonyl (C=O) groups excluding carboxylic acids is 1. The minimum Gasteiger partial charge on any atom is -0.382 e. The maximum absolute atomic E-state index is 11.0. The van der Waals surface area contributed by atoms with Crippen LogP contribution in [0, 0.1) is 0 Å². The van der Waals surface area contributed by atoms with Crippen LogP contribution in [0.1, 0.15) is 16.1 Å². The van der Waals surface area contributed by atoms with Crippen LogP contribution < -0.4 is 11.5 Å². The number of nitrogen functional groups attached to an aromatic ring is 1. The van der Waals surface area contributed by atoms with Gasteiger partial charge in [0.2, 0.25) is 0 Å². The smallest absolute Gasteiger partial charge is 0.273 e. The molecule has 0 aliphatic carbocycles. The normalized spacial score (nSPS) is 10.4. The number of nitrogens with zero attached hydrogens (tertiary/aromatic N) is 3. The Balaban J connectivity index is 2.31. The molecule has 0 saturated carbocycles. The molecule has 0 saturated heterocycles. The zero-order chi connectivity index (χ0) is 12.4. The van der Waals surface area contributed by atoms with Crippen molar-refractivity contribution < 1.29 is 4.79 Å². The molecule has 2 aromatic rings. The number of halogens is 1. The van der Waals surface area contributed by atoms with Gasteiger partial charge >= 0.3 is 0 Å². The van der Waals surface area contributed by atoms with Crippen molar-refractivity contribution in [1.29, 1.82) is 0 Å². The fourth-order valence-electron chi connectivity index (χ4n) is 1.40. The van der Waals surface area contributed by atoms with Crippen molar-refractivity contribution in [3.8, 4) is 0 Å². The summed E-state index contributed by atoms with van der Waals surface area (Å²) in [5.74, 6) is -0.505. The summed E-state index contributed by atoms with van der Waals surface area (Å²) >= 11 is 3.42. The molecule has 4 N–H and O–H groups in total. The van der Waals surface area contributed by atoms with E-state index >= 15 is 0 Å². The van der Waals surface area contributed by atoms with Gasteiger partial charge in [-0.05, 0) is 11.6 Å². The van der Waals surface area contributed by atoms with Gasteiger partial charge in [-0.1, -0.05) is 39.3 Å². The van der Waals surface area contributed by atoms with Crippen molar-refractivity contribution in [2.45, 2.75) is 6.54 Å². The molecular formula is C10H10BrN5O. The van der Waals surface area contributed by atoms with Gasteiger partial charge in [0, 0.05) is 4.47 Å². The molecule has 2 rings (SSSR count). The Kier molecular flexibility index (Phi) is 3.10. The van der Waals surface area contributed by atoms with Crippen molar-refractivity contribution in [2.24, 2.45) is 5.73 Å². The van der Waals surface area contributed by atoms with E-state index in [4.69, 9.17) is 11.5 Å². The number of anilines is 1. The third kappa shape index (κ3) is 2.28. The number of primary amides is 1. The van der Waals surface area contributed by atoms with Crippen LogP contribution in [0.25, 0.3) is 0 Å². The summed E-state index contributed by atoms with van der Waals surface area (Å²) in [7, 11) is 0. The number of benzene rings is 1. The predicted molar refractivity (Wildman–Crippen MR) is 66.2 cm³/mol. The van der Waals surface area contributed by atoms with E-state index in [-0.39, 0.29) is 11.5 Å². The SMILES string of the molecule is NC(=O)c1nnn(Cc2ccccc2Br)c1N. The molecule has 1 aromatic carbocycles. The molecule has 1 amide bonds. The third-order valence-corrected chi connectivity index (χ3v) is 3.06. The van der Waals surface area contributed by atoms with Crippen molar-refractivity contribution in [2.75, 3.05) is 5.73 Å². The van der Waals surface area contributed by atoms with Crippen molar-refractivity contribution >= 4 is 27.7 Å². The minimum atomic E-state index is -0.680. The largest absolute Gasteiger partial charge is 0.382 e. The van der Waals surface area contributed by atoms with Gasteiger partial charge in [-0.25, -0.2) is 4.68 Å². The molecule has 6 nitrogen and oxygen atoms in total. The first-order valence-electron chi connectivity index (χ1n) is 4.81. The monoisotopic (exact) mass is 295 g/mol. The first-order valence-corrected chi connectivity index (χ1v) is 5.61. The average molecular weight is 296 g/mol. The highest BCUT2D eigenvalue weighted by atomic mass is 79.9. The van der Waals surface area contributed by atoms with Crippen LogP contribution in [-0.4, -0.2) is 20.9 Å². The van der Waals surface area contributed by atoms with E-state index in [0.29, 0.717) is 6.54 Å². The quantitative estimate of drug-likeness (QED) is 0.873. The second-order valence-electron chi connectivity index (χ2n) is 3.44. The summed E-state index contributed by atoms with van der Waals surface area (Å²) in [6.45, 7) is 0.424. The number of hydrogen-bond donors (Lipinski definition) is 2. The van der Waals surface area contributed by atoms with Crippen LogP contribution in [0.3, 0.4) is 0 Å². The molecule has 88 valence electrons. The van der Waals surface area contributed by atoms with Gasteiger partial charge < -0.3 is 11.5 Å². The van der Waals surface area contributed by atoms with Crippen molar-refractivity contribution in [3.63, 3.8) is 0 Å². The zero-order valence-corrected chi connectivity index (χ0v) is 10.4. The lowest BCUT2D eigenvalue weighted by Gasteiger charge is -2.05. The topological polar surface area (TPSA) is 99.8 Å². The fraction of sp³-hybridized carbons (Fsp3) is 0.100. The van der Waals surface area contributed by atoms with Gasteiger partial charge in [0.05, 0.1) is 6.54 Å². The van der Waals surface area contributed by atoms with Crippen LogP contribution in [-0.2, 0) is 6.54 Å². The number of carbonyl (C=O) groups is 1. The number of amides is 1. The summed E-state index contributed by atoms with van der Waals surface area (Å²) in [6, 6.07) is 7.65. The van der Waals surface area contributed by atoms with Gasteiger partial charge in [0.1, 0.15) is 0 Å². The predicted octanol–water partition coefficient (Wildman–Crippen LogP) is 0.770. The van der Waals surface area contributed by atoms with Crippen molar-refractivity contribution in [3.05, 3.63) is 40.0 Å². The van der Waals surface area contributed by atoms with Gasteiger partial charge in [0.25, 0.3) is 5.91 Å². The lowest BCUT2D eigenvalue weighted by atomic mass is 10.2. The summed E-state index contributed by atoms with van der Waals surface area (Å²) < 4.78 is 2.37. The van der Waals surface area contributed by atoms with E-state index in [1.165, 1.54) is 4.68 Å². The maximum Gasteiger partial charge on any atom is 0.273 e. The summed E-state index contributed by atoms with van der Waals surface area (Å²) in [4.78, 5) is 11.0. The first-order chi connectivity index (χ1) is 8.09. The molecule has 17 heavy (non-hydrogen) atoms. The molecule has 1 heterocycles. The molecule has 0 spiro atoms. The van der Waals surface area contributed by atoms with E-state index in [2.05, 4.69) is 26.2 Å². The first kappa shape index (κ1) is 11.6. The molecule has 7 heteroatoms. The molecule has 0 unspecified atom stereocenters. The Labute approximate surface area is 106 Å². The summed E-state index contributed by atoms with van der Waals surface area (Å²) in [5.41, 5.74) is 11.8. The highest BCUT2D eigenvalue weighted by Gasteiger charge is 2.14. The van der Waals surface area contributed by atoms with E-state index in [9.17, 15) is 4.79 Å². The van der Waals surface area contributed by atoms with Crippen LogP contribution in [0.4, 0.5) is 5.82 Å². The Hall–Kier alpha value is -1.89. The zero-order valence-electron chi connectivity index (χ0n) is 8.80. The van der Waals surface area contributed by atoms with Crippen LogP contribution >= 0.6 is 15.9 Å². The number of rotatable bonds is 3. The Morgan fingerprint density at radius 1 is 1.41 bits per heavy atom. The Morgan fingerprint density at radius 3 is 2.71 bits per heavy atom. The Morgan fingerprint density at radius 2 is 2.12 bits per heavy atom. The molecular weight excluding hydrogens is 286 g/mol. The molecule has 1 aromatic heterocycles. The molecule has 0 aliphatic heterocycles. The molecule has 0 bridgehead atoms. The van der Waals surface area contributed by atoms with Gasteiger partial charge in [-0.2, -0.15) is 0 Å². The number of aromatic nitrogens is 3. The molecule has 0 atom stereocenters. The maximum atomic E-state index is 11.0. The van der Waals surface area contributed by atoms with Gasteiger partial charge in [-0.3, -0.25) is 4.79 Å². The van der Waals surface area contributed by atoms with E-state index in [1.807, 2.05) is 24.3 Å². The average Bonchev–Trinajstić information content (AvgIpc) is 2.64. The summed E-state index contributed by atoms with van der Waals surface area (Å²) in [6.07, 6.45) is 0. The van der Waals surface area contributed by atoms with Crippen LogP contribution in [0.15, 0.2) is 28.7 Å². The molecule has 0 aliphatic rings. The van der Waals surface area contributed by atoms with Crippen LogP contribution in [0.5, 0.6) is 0 Å². The lowest BCUT2D eigenvalue weighted by molar-refractivity contribution is 0.0996. The molecule has 0 radical (unpaired) electrons. The standard InChI is InChI=1S/C10H10BrN5O/c11-7-4-2-1-3-6(7)5-16-9(12)8(10(13)17)14-15-16/h1-4H,5,12H2,(H2,13,17). The fourth-order valence-corrected chi connectivity index (χ4v) is 1.81. The van der Waals surface area contributed by atoms with E-state index < -0.39 is 5.91 Å². The van der Waals surface area contributed by atoms with Crippen molar-refractivity contribution in [1.82, 2.24) is 15.0 Å². The minimum absolute atomic E-state index is 0.00273. The second-order valence-corrected chi connectivity index (χ2v) is 4.29. The van der Waals surface area contributed by atoms with Gasteiger partial charge in [0.15, 0.2) is 11.5 Å². The third-order valence-electron chi connectivity index (χ3n) is 2.28. The highest BCUT2D eigenvalue weighted by molar-refractivity contribution is 9.10. The van der Waals surface area contributed by atoms with E-state index in [0.717, 1.165) is 10.0 Å². The second kappa shape index (κ2) is 4.54. The van der Waals surface area contributed by atoms with Gasteiger partial charge in [-0.15, -0.1) is 5.10 Å². The number of nitrogens with two attached hydrogens (primary N) is 2.